The zero-order valence-electron chi connectivity index (χ0n) is 9.68. The van der Waals surface area contributed by atoms with E-state index < -0.39 is 0 Å². The van der Waals surface area contributed by atoms with Crippen molar-refractivity contribution in [3.63, 3.8) is 0 Å². The number of aromatic nitrogens is 3. The first-order valence-corrected chi connectivity index (χ1v) is 5.49. The van der Waals surface area contributed by atoms with Crippen LogP contribution in [-0.4, -0.2) is 20.6 Å². The maximum atomic E-state index is 12.9. The lowest BCUT2D eigenvalue weighted by Gasteiger charge is -2.02. The van der Waals surface area contributed by atoms with Crippen LogP contribution in [0.4, 0.5) is 4.39 Å². The van der Waals surface area contributed by atoms with Crippen LogP contribution in [0.3, 0.4) is 0 Å². The second-order valence-corrected chi connectivity index (χ2v) is 4.23. The molecule has 2 heterocycles. The van der Waals surface area contributed by atoms with E-state index in [-0.39, 0.29) is 11.9 Å². The summed E-state index contributed by atoms with van der Waals surface area (Å²) in [4.78, 5) is 8.05. The van der Waals surface area contributed by atoms with Gasteiger partial charge in [0.25, 0.3) is 0 Å². The highest BCUT2D eigenvalue weighted by molar-refractivity contribution is 5.11. The van der Waals surface area contributed by atoms with E-state index >= 15 is 0 Å². The van der Waals surface area contributed by atoms with Crippen molar-refractivity contribution in [2.45, 2.75) is 25.9 Å². The van der Waals surface area contributed by atoms with E-state index in [1.165, 1.54) is 12.3 Å². The average molecular weight is 234 g/mol. The number of nitrogens with two attached hydrogens (primary N) is 1. The van der Waals surface area contributed by atoms with E-state index in [9.17, 15) is 4.39 Å². The molecule has 2 aromatic rings. The van der Waals surface area contributed by atoms with Gasteiger partial charge in [-0.25, -0.2) is 9.37 Å². The van der Waals surface area contributed by atoms with Gasteiger partial charge >= 0.3 is 0 Å². The van der Waals surface area contributed by atoms with E-state index in [1.807, 2.05) is 17.7 Å². The van der Waals surface area contributed by atoms with Gasteiger partial charge in [-0.3, -0.25) is 4.98 Å². The first-order valence-electron chi connectivity index (χ1n) is 5.49. The van der Waals surface area contributed by atoms with E-state index in [0.717, 1.165) is 17.7 Å². The molecule has 0 spiro atoms. The lowest BCUT2D eigenvalue weighted by Crippen LogP contribution is -2.17. The van der Waals surface area contributed by atoms with Crippen molar-refractivity contribution in [3.05, 3.63) is 48.1 Å². The van der Waals surface area contributed by atoms with Crippen LogP contribution in [0.1, 0.15) is 18.2 Å². The summed E-state index contributed by atoms with van der Waals surface area (Å²) in [5.41, 5.74) is 7.46. The zero-order valence-corrected chi connectivity index (χ0v) is 9.68. The number of hydrogen-bond acceptors (Lipinski definition) is 3. The highest BCUT2D eigenvalue weighted by Gasteiger charge is 2.03. The summed E-state index contributed by atoms with van der Waals surface area (Å²) in [6.45, 7) is 2.51. The predicted octanol–water partition coefficient (Wildman–Crippen LogP) is 1.36. The third kappa shape index (κ3) is 3.35. The topological polar surface area (TPSA) is 56.7 Å². The molecule has 2 rings (SSSR count). The quantitative estimate of drug-likeness (QED) is 0.868. The van der Waals surface area contributed by atoms with E-state index in [1.54, 1.807) is 12.5 Å². The molecule has 0 bridgehead atoms. The average Bonchev–Trinajstić information content (AvgIpc) is 2.64. The van der Waals surface area contributed by atoms with Crippen molar-refractivity contribution in [2.75, 3.05) is 0 Å². The molecule has 0 fully saturated rings. The van der Waals surface area contributed by atoms with Crippen LogP contribution in [0, 0.1) is 5.82 Å². The monoisotopic (exact) mass is 234 g/mol. The van der Waals surface area contributed by atoms with Gasteiger partial charge in [-0.15, -0.1) is 0 Å². The van der Waals surface area contributed by atoms with Crippen molar-refractivity contribution < 1.29 is 4.39 Å². The van der Waals surface area contributed by atoms with Gasteiger partial charge in [0.2, 0.25) is 0 Å². The van der Waals surface area contributed by atoms with Gasteiger partial charge in [0, 0.05) is 24.9 Å². The third-order valence-corrected chi connectivity index (χ3v) is 2.34. The minimum atomic E-state index is -0.321. The van der Waals surface area contributed by atoms with E-state index in [0.29, 0.717) is 6.54 Å². The molecule has 17 heavy (non-hydrogen) atoms. The van der Waals surface area contributed by atoms with Crippen LogP contribution in [0.2, 0.25) is 0 Å². The Kier molecular flexibility index (Phi) is 3.49. The SMILES string of the molecule is CC(N)Cc1cn(Cc2cncc(F)c2)cn1. The van der Waals surface area contributed by atoms with Gasteiger partial charge in [-0.05, 0) is 18.6 Å². The largest absolute Gasteiger partial charge is 0.333 e. The third-order valence-electron chi connectivity index (χ3n) is 2.34. The normalized spacial score (nSPS) is 12.6. The second-order valence-electron chi connectivity index (χ2n) is 4.23. The van der Waals surface area contributed by atoms with Crippen molar-refractivity contribution in [1.82, 2.24) is 14.5 Å². The number of halogens is 1. The lowest BCUT2D eigenvalue weighted by atomic mass is 10.2. The molecule has 4 nitrogen and oxygen atoms in total. The predicted molar refractivity (Wildman–Crippen MR) is 62.9 cm³/mol. The number of rotatable bonds is 4. The summed E-state index contributed by atoms with van der Waals surface area (Å²) in [6.07, 6.45) is 7.23. The van der Waals surface area contributed by atoms with Crippen molar-refractivity contribution in [3.8, 4) is 0 Å². The van der Waals surface area contributed by atoms with Crippen LogP contribution in [0.5, 0.6) is 0 Å². The maximum Gasteiger partial charge on any atom is 0.141 e. The molecule has 0 radical (unpaired) electrons. The van der Waals surface area contributed by atoms with Crippen LogP contribution in [0.15, 0.2) is 31.0 Å². The molecule has 0 amide bonds. The smallest absolute Gasteiger partial charge is 0.141 e. The van der Waals surface area contributed by atoms with Crippen molar-refractivity contribution in [2.24, 2.45) is 5.73 Å². The van der Waals surface area contributed by atoms with Gasteiger partial charge in [-0.2, -0.15) is 0 Å². The molecule has 2 aromatic heterocycles. The Morgan fingerprint density at radius 3 is 3.00 bits per heavy atom. The first kappa shape index (κ1) is 11.7. The lowest BCUT2D eigenvalue weighted by molar-refractivity contribution is 0.616. The number of nitrogens with zero attached hydrogens (tertiary/aromatic N) is 3. The molecule has 0 saturated carbocycles. The van der Waals surface area contributed by atoms with E-state index in [2.05, 4.69) is 9.97 Å². The minimum absolute atomic E-state index is 0.0918. The fourth-order valence-electron chi connectivity index (χ4n) is 1.68. The van der Waals surface area contributed by atoms with Gasteiger partial charge in [0.05, 0.1) is 24.8 Å². The van der Waals surface area contributed by atoms with Crippen molar-refractivity contribution >= 4 is 0 Å². The number of imidazole rings is 1. The Balaban J connectivity index is 2.06. The summed E-state index contributed by atoms with van der Waals surface area (Å²) in [6, 6.07) is 1.56. The molecule has 0 aliphatic carbocycles. The van der Waals surface area contributed by atoms with Crippen molar-refractivity contribution in [1.29, 1.82) is 0 Å². The zero-order chi connectivity index (χ0) is 12.3. The fourth-order valence-corrected chi connectivity index (χ4v) is 1.68. The summed E-state index contributed by atoms with van der Waals surface area (Å²) in [7, 11) is 0. The summed E-state index contributed by atoms with van der Waals surface area (Å²) >= 11 is 0. The molecular formula is C12H15FN4. The fraction of sp³-hybridized carbons (Fsp3) is 0.333. The number of pyridine rings is 1. The van der Waals surface area contributed by atoms with Crippen LogP contribution >= 0.6 is 0 Å². The molecule has 5 heteroatoms. The Morgan fingerprint density at radius 1 is 1.47 bits per heavy atom. The van der Waals surface area contributed by atoms with Gasteiger partial charge in [-0.1, -0.05) is 0 Å². The molecule has 0 aliphatic heterocycles. The Labute approximate surface area is 99.3 Å². The summed E-state index contributed by atoms with van der Waals surface area (Å²) < 4.78 is 14.8. The highest BCUT2D eigenvalue weighted by atomic mass is 19.1. The Morgan fingerprint density at radius 2 is 2.29 bits per heavy atom. The van der Waals surface area contributed by atoms with Crippen LogP contribution in [-0.2, 0) is 13.0 Å². The molecule has 2 N–H and O–H groups in total. The van der Waals surface area contributed by atoms with Gasteiger partial charge in [0.15, 0.2) is 0 Å². The Hall–Kier alpha value is -1.75. The first-order chi connectivity index (χ1) is 8.13. The van der Waals surface area contributed by atoms with E-state index in [4.69, 9.17) is 5.73 Å². The molecular weight excluding hydrogens is 219 g/mol. The molecule has 1 unspecified atom stereocenters. The molecule has 90 valence electrons. The minimum Gasteiger partial charge on any atom is -0.333 e. The van der Waals surface area contributed by atoms with Crippen LogP contribution < -0.4 is 5.73 Å². The molecule has 1 atom stereocenters. The standard InChI is InChI=1S/C12H15FN4/c1-9(14)2-12-7-17(8-16-12)6-10-3-11(13)5-15-4-10/h3-5,7-9H,2,6,14H2,1H3. The maximum absolute atomic E-state index is 12.9. The second kappa shape index (κ2) is 5.05. The number of hydrogen-bond donors (Lipinski definition) is 1. The van der Waals surface area contributed by atoms with Gasteiger partial charge < -0.3 is 10.3 Å². The molecule has 0 saturated heterocycles. The highest BCUT2D eigenvalue weighted by Crippen LogP contribution is 2.06. The summed E-state index contributed by atoms with van der Waals surface area (Å²) in [5.74, 6) is -0.321. The van der Waals surface area contributed by atoms with Crippen LogP contribution in [0.25, 0.3) is 0 Å². The molecule has 0 aliphatic rings. The van der Waals surface area contributed by atoms with Gasteiger partial charge in [0.1, 0.15) is 5.82 Å². The molecule has 0 aromatic carbocycles. The summed E-state index contributed by atoms with van der Waals surface area (Å²) in [5, 5.41) is 0. The Bertz CT molecular complexity index is 493.